The van der Waals surface area contributed by atoms with Crippen molar-refractivity contribution in [3.8, 4) is 17.5 Å². The van der Waals surface area contributed by atoms with Gasteiger partial charge in [-0.1, -0.05) is 26.0 Å². The van der Waals surface area contributed by atoms with Crippen molar-refractivity contribution in [2.75, 3.05) is 19.6 Å². The molecule has 2 aromatic rings. The Bertz CT molecular complexity index is 1020. The number of hydrogen-bond acceptors (Lipinski definition) is 8. The zero-order valence-corrected chi connectivity index (χ0v) is 18.9. The number of ether oxygens (including phenoxy) is 2. The zero-order valence-electron chi connectivity index (χ0n) is 18.1. The van der Waals surface area contributed by atoms with Gasteiger partial charge in [-0.2, -0.15) is 0 Å². The van der Waals surface area contributed by atoms with E-state index in [4.69, 9.17) is 9.47 Å². The average molecular weight is 455 g/mol. The zero-order chi connectivity index (χ0) is 22.5. The molecule has 3 heterocycles. The monoisotopic (exact) mass is 454 g/mol. The molecule has 1 aromatic heterocycles. The van der Waals surface area contributed by atoms with Crippen LogP contribution in [0, 0.1) is 5.92 Å². The Balaban J connectivity index is 1.37. The number of piperidine rings is 1. The maximum absolute atomic E-state index is 11.7. The van der Waals surface area contributed by atoms with Crippen LogP contribution < -0.4 is 14.8 Å². The number of benzene rings is 1. The molecule has 0 aliphatic carbocycles. The first-order chi connectivity index (χ1) is 15.4. The van der Waals surface area contributed by atoms with Crippen molar-refractivity contribution in [3.05, 3.63) is 47.1 Å². The van der Waals surface area contributed by atoms with Gasteiger partial charge in [-0.05, 0) is 54.3 Å². The number of imide groups is 1. The molecule has 2 saturated heterocycles. The van der Waals surface area contributed by atoms with Crippen LogP contribution in [0.3, 0.4) is 0 Å². The summed E-state index contributed by atoms with van der Waals surface area (Å²) in [6, 6.07) is 8.89. The Morgan fingerprint density at radius 1 is 1.19 bits per heavy atom. The molecule has 0 unspecified atom stereocenters. The molecule has 0 atom stereocenters. The highest BCUT2D eigenvalue weighted by molar-refractivity contribution is 8.18. The van der Waals surface area contributed by atoms with Crippen molar-refractivity contribution >= 4 is 29.0 Å². The minimum absolute atomic E-state index is 0.133. The normalized spacial score (nSPS) is 18.9. The van der Waals surface area contributed by atoms with Gasteiger partial charge in [0, 0.05) is 19.6 Å². The number of carbonyl (C=O) groups excluding carboxylic acids is 2. The van der Waals surface area contributed by atoms with E-state index >= 15 is 0 Å². The summed E-state index contributed by atoms with van der Waals surface area (Å²) in [6.07, 6.45) is 5.15. The molecule has 0 bridgehead atoms. The highest BCUT2D eigenvalue weighted by atomic mass is 32.2. The van der Waals surface area contributed by atoms with Crippen molar-refractivity contribution in [1.29, 1.82) is 0 Å². The second-order valence-electron chi connectivity index (χ2n) is 8.23. The quantitative estimate of drug-likeness (QED) is 0.625. The Hall–Kier alpha value is -2.91. The van der Waals surface area contributed by atoms with Crippen molar-refractivity contribution in [3.63, 3.8) is 0 Å². The van der Waals surface area contributed by atoms with Gasteiger partial charge >= 0.3 is 0 Å². The van der Waals surface area contributed by atoms with E-state index in [2.05, 4.69) is 34.0 Å². The number of rotatable bonds is 7. The van der Waals surface area contributed by atoms with Gasteiger partial charge in [0.2, 0.25) is 11.8 Å². The predicted molar refractivity (Wildman–Crippen MR) is 123 cm³/mol. The minimum Gasteiger partial charge on any atom is -0.474 e. The highest BCUT2D eigenvalue weighted by Gasteiger charge is 2.25. The van der Waals surface area contributed by atoms with E-state index in [0.29, 0.717) is 28.3 Å². The molecule has 0 saturated carbocycles. The smallest absolute Gasteiger partial charge is 0.290 e. The summed E-state index contributed by atoms with van der Waals surface area (Å²) in [5.41, 5.74) is 0.744. The lowest BCUT2D eigenvalue weighted by Gasteiger charge is -2.32. The minimum atomic E-state index is -0.390. The molecule has 8 nitrogen and oxygen atoms in total. The molecule has 2 fully saturated rings. The maximum atomic E-state index is 11.7. The van der Waals surface area contributed by atoms with Crippen LogP contribution in [0.4, 0.5) is 4.79 Å². The number of nitrogens with one attached hydrogen (secondary N) is 1. The summed E-state index contributed by atoms with van der Waals surface area (Å²) in [6.45, 7) is 7.66. The lowest BCUT2D eigenvalue weighted by Crippen LogP contribution is -2.40. The molecule has 9 heteroatoms. The number of amides is 2. The van der Waals surface area contributed by atoms with Gasteiger partial charge in [0.05, 0.1) is 11.0 Å². The van der Waals surface area contributed by atoms with Crippen LogP contribution in [0.15, 0.2) is 41.6 Å². The van der Waals surface area contributed by atoms with Crippen LogP contribution in [0.2, 0.25) is 0 Å². The molecule has 1 N–H and O–H groups in total. The van der Waals surface area contributed by atoms with Crippen LogP contribution in [0.25, 0.3) is 6.08 Å². The van der Waals surface area contributed by atoms with Gasteiger partial charge in [-0.25, -0.2) is 9.97 Å². The lowest BCUT2D eigenvalue weighted by molar-refractivity contribution is -0.115. The van der Waals surface area contributed by atoms with Crippen molar-refractivity contribution in [1.82, 2.24) is 20.2 Å². The molecule has 4 rings (SSSR count). The number of hydrogen-bond donors (Lipinski definition) is 1. The fourth-order valence-electron chi connectivity index (χ4n) is 3.70. The van der Waals surface area contributed by atoms with Crippen molar-refractivity contribution < 1.29 is 19.1 Å². The summed E-state index contributed by atoms with van der Waals surface area (Å²) in [4.78, 5) is 34.3. The molecular formula is C23H26N4O4S. The average Bonchev–Trinajstić information content (AvgIpc) is 3.06. The first-order valence-electron chi connectivity index (χ1n) is 10.7. The van der Waals surface area contributed by atoms with Crippen LogP contribution in [0.1, 0.15) is 32.3 Å². The third-order valence-corrected chi connectivity index (χ3v) is 5.89. The van der Waals surface area contributed by atoms with Gasteiger partial charge in [-0.15, -0.1) is 0 Å². The van der Waals surface area contributed by atoms with Crippen LogP contribution in [0.5, 0.6) is 17.5 Å². The van der Waals surface area contributed by atoms with E-state index in [1.54, 1.807) is 24.3 Å². The van der Waals surface area contributed by atoms with E-state index in [1.807, 2.05) is 12.1 Å². The Kier molecular flexibility index (Phi) is 7.06. The Labute approximate surface area is 191 Å². The Morgan fingerprint density at radius 2 is 1.97 bits per heavy atom. The molecule has 2 aliphatic heterocycles. The van der Waals surface area contributed by atoms with E-state index in [-0.39, 0.29) is 17.3 Å². The van der Waals surface area contributed by atoms with Crippen LogP contribution in [-0.2, 0) is 4.79 Å². The lowest BCUT2D eigenvalue weighted by atomic mass is 10.1. The van der Waals surface area contributed by atoms with Gasteiger partial charge in [0.25, 0.3) is 11.1 Å². The molecule has 2 aliphatic rings. The molecule has 1 aromatic carbocycles. The number of likely N-dealkylation sites (tertiary alicyclic amines) is 1. The largest absolute Gasteiger partial charge is 0.474 e. The fraction of sp³-hybridized carbons (Fsp3) is 0.391. The molecular weight excluding hydrogens is 428 g/mol. The summed E-state index contributed by atoms with van der Waals surface area (Å²) >= 11 is 0.880. The van der Waals surface area contributed by atoms with Crippen LogP contribution in [-0.4, -0.2) is 51.8 Å². The molecule has 0 radical (unpaired) electrons. The van der Waals surface area contributed by atoms with Gasteiger partial charge in [0.15, 0.2) is 0 Å². The van der Waals surface area contributed by atoms with E-state index in [1.165, 1.54) is 6.33 Å². The molecule has 0 spiro atoms. The van der Waals surface area contributed by atoms with E-state index < -0.39 is 0 Å². The number of carbonyl (C=O) groups is 2. The third kappa shape index (κ3) is 6.08. The summed E-state index contributed by atoms with van der Waals surface area (Å²) < 4.78 is 12.0. The number of nitrogens with zero attached hydrogens (tertiary/aromatic N) is 3. The summed E-state index contributed by atoms with van der Waals surface area (Å²) in [5.74, 6) is 1.70. The first-order valence-corrected chi connectivity index (χ1v) is 11.5. The highest BCUT2D eigenvalue weighted by Crippen LogP contribution is 2.28. The SMILES string of the molecule is CC(C)CN1CCC(Oc2cc(Oc3cccc(/C=C4\SC(=O)NC4=O)c3)ncn2)CC1. The second kappa shape index (κ2) is 10.1. The molecule has 168 valence electrons. The van der Waals surface area contributed by atoms with Crippen LogP contribution >= 0.6 is 11.8 Å². The second-order valence-corrected chi connectivity index (χ2v) is 9.25. The van der Waals surface area contributed by atoms with Crippen molar-refractivity contribution in [2.45, 2.75) is 32.8 Å². The fourth-order valence-corrected chi connectivity index (χ4v) is 4.38. The third-order valence-electron chi connectivity index (χ3n) is 5.08. The van der Waals surface area contributed by atoms with Gasteiger partial charge < -0.3 is 14.4 Å². The van der Waals surface area contributed by atoms with Crippen molar-refractivity contribution in [2.24, 2.45) is 5.92 Å². The number of aromatic nitrogens is 2. The van der Waals surface area contributed by atoms with E-state index in [9.17, 15) is 9.59 Å². The summed E-state index contributed by atoms with van der Waals surface area (Å²) in [7, 11) is 0. The van der Waals surface area contributed by atoms with E-state index in [0.717, 1.165) is 49.8 Å². The first kappa shape index (κ1) is 22.3. The van der Waals surface area contributed by atoms with Gasteiger partial charge in [-0.3, -0.25) is 14.9 Å². The maximum Gasteiger partial charge on any atom is 0.290 e. The van der Waals surface area contributed by atoms with Gasteiger partial charge in [0.1, 0.15) is 18.2 Å². The standard InChI is InChI=1S/C23H26N4O4S/c1-15(2)13-27-8-6-17(7-9-27)30-20-12-21(25-14-24-20)31-18-5-3-4-16(10-18)11-19-22(28)26-23(29)32-19/h3-5,10-12,14-15,17H,6-9,13H2,1-2H3,(H,26,28,29)/b19-11-. The molecule has 32 heavy (non-hydrogen) atoms. The molecule has 2 amide bonds. The summed E-state index contributed by atoms with van der Waals surface area (Å²) in [5, 5.41) is 1.88. The Morgan fingerprint density at radius 3 is 2.69 bits per heavy atom. The topological polar surface area (TPSA) is 93.7 Å². The number of thioether (sulfide) groups is 1. The predicted octanol–water partition coefficient (Wildman–Crippen LogP) is 4.09.